The first-order chi connectivity index (χ1) is 10.3. The Morgan fingerprint density at radius 1 is 1.05 bits per heavy atom. The minimum atomic E-state index is 0.496. The molecule has 3 aromatic rings. The van der Waals surface area contributed by atoms with Crippen LogP contribution in [0.2, 0.25) is 0 Å². The van der Waals surface area contributed by atoms with Gasteiger partial charge in [-0.3, -0.25) is 0 Å². The number of rotatable bonds is 3. The minimum absolute atomic E-state index is 0.496. The van der Waals surface area contributed by atoms with Crippen molar-refractivity contribution in [1.82, 2.24) is 9.97 Å². The maximum absolute atomic E-state index is 5.27. The first kappa shape index (κ1) is 13.1. The van der Waals surface area contributed by atoms with Crippen molar-refractivity contribution in [1.29, 1.82) is 0 Å². The van der Waals surface area contributed by atoms with E-state index < -0.39 is 0 Å². The average molecular weight is 273 g/mol. The Kier molecular flexibility index (Phi) is 3.53. The molecule has 102 valence electrons. The van der Waals surface area contributed by atoms with Gasteiger partial charge in [-0.15, -0.1) is 6.42 Å². The van der Waals surface area contributed by atoms with Crippen molar-refractivity contribution in [3.05, 3.63) is 54.2 Å². The predicted molar refractivity (Wildman–Crippen MR) is 87.0 cm³/mol. The van der Waals surface area contributed by atoms with Gasteiger partial charge in [0.1, 0.15) is 0 Å². The molecule has 0 aliphatic heterocycles. The van der Waals surface area contributed by atoms with Crippen molar-refractivity contribution >= 4 is 16.7 Å². The quantitative estimate of drug-likeness (QED) is 0.740. The molecule has 0 radical (unpaired) electrons. The highest BCUT2D eigenvalue weighted by molar-refractivity contribution is 5.81. The number of fused-ring (bicyclic) bond motifs is 1. The van der Waals surface area contributed by atoms with Crippen LogP contribution in [-0.4, -0.2) is 16.5 Å². The van der Waals surface area contributed by atoms with E-state index in [9.17, 15) is 0 Å². The van der Waals surface area contributed by atoms with Crippen LogP contribution in [0.4, 0.5) is 5.69 Å². The molecule has 1 aromatic heterocycles. The molecule has 0 saturated heterocycles. The highest BCUT2D eigenvalue weighted by Crippen LogP contribution is 2.24. The second kappa shape index (κ2) is 5.64. The summed E-state index contributed by atoms with van der Waals surface area (Å²) in [7, 11) is 0. The summed E-state index contributed by atoms with van der Waals surface area (Å²) in [6, 6.07) is 16.0. The Morgan fingerprint density at radius 3 is 2.62 bits per heavy atom. The van der Waals surface area contributed by atoms with E-state index in [-0.39, 0.29) is 0 Å². The van der Waals surface area contributed by atoms with Crippen LogP contribution in [0.1, 0.15) is 5.69 Å². The second-order valence-corrected chi connectivity index (χ2v) is 4.78. The summed E-state index contributed by atoms with van der Waals surface area (Å²) in [5.74, 6) is 2.56. The van der Waals surface area contributed by atoms with Gasteiger partial charge in [-0.1, -0.05) is 36.3 Å². The highest BCUT2D eigenvalue weighted by atomic mass is 14.9. The van der Waals surface area contributed by atoms with Crippen molar-refractivity contribution in [2.75, 3.05) is 11.9 Å². The number of aromatic nitrogens is 2. The minimum Gasteiger partial charge on any atom is -0.374 e. The fourth-order valence-corrected chi connectivity index (χ4v) is 2.28. The third-order valence-corrected chi connectivity index (χ3v) is 3.28. The van der Waals surface area contributed by atoms with Gasteiger partial charge in [0.25, 0.3) is 0 Å². The molecule has 21 heavy (non-hydrogen) atoms. The summed E-state index contributed by atoms with van der Waals surface area (Å²) in [5.41, 5.74) is 5.62. The van der Waals surface area contributed by atoms with Crippen LogP contribution in [0.15, 0.2) is 48.5 Å². The summed E-state index contributed by atoms with van der Waals surface area (Å²) < 4.78 is 0. The molecule has 0 saturated carbocycles. The zero-order valence-corrected chi connectivity index (χ0v) is 11.8. The summed E-state index contributed by atoms with van der Waals surface area (Å²) in [6.45, 7) is 2.48. The molecule has 0 unspecified atom stereocenters. The SMILES string of the molecule is C#CCNc1ccc2nc(C)c(-c3ccccc3)nc2c1. The number of benzene rings is 2. The molecule has 0 amide bonds. The van der Waals surface area contributed by atoms with Gasteiger partial charge in [-0.2, -0.15) is 0 Å². The van der Waals surface area contributed by atoms with E-state index in [1.807, 2.05) is 55.5 Å². The molecule has 2 aromatic carbocycles. The van der Waals surface area contributed by atoms with Crippen molar-refractivity contribution < 1.29 is 0 Å². The van der Waals surface area contributed by atoms with E-state index in [0.29, 0.717) is 6.54 Å². The van der Waals surface area contributed by atoms with E-state index in [0.717, 1.165) is 33.7 Å². The largest absolute Gasteiger partial charge is 0.374 e. The second-order valence-electron chi connectivity index (χ2n) is 4.78. The fraction of sp³-hybridized carbons (Fsp3) is 0.111. The number of aryl methyl sites for hydroxylation is 1. The van der Waals surface area contributed by atoms with Gasteiger partial charge < -0.3 is 5.32 Å². The highest BCUT2D eigenvalue weighted by Gasteiger charge is 2.07. The number of nitrogens with one attached hydrogen (secondary N) is 1. The summed E-state index contributed by atoms with van der Waals surface area (Å²) >= 11 is 0. The Labute approximate surface area is 124 Å². The number of anilines is 1. The third kappa shape index (κ3) is 2.70. The molecule has 3 nitrogen and oxygen atoms in total. The first-order valence-corrected chi connectivity index (χ1v) is 6.79. The summed E-state index contributed by atoms with van der Waals surface area (Å²) in [5, 5.41) is 3.16. The van der Waals surface area contributed by atoms with Crippen LogP contribution in [-0.2, 0) is 0 Å². The Morgan fingerprint density at radius 2 is 1.86 bits per heavy atom. The lowest BCUT2D eigenvalue weighted by Crippen LogP contribution is -1.99. The first-order valence-electron chi connectivity index (χ1n) is 6.79. The van der Waals surface area contributed by atoms with Gasteiger partial charge in [0, 0.05) is 11.3 Å². The van der Waals surface area contributed by atoms with Gasteiger partial charge in [-0.25, -0.2) is 9.97 Å². The van der Waals surface area contributed by atoms with E-state index in [4.69, 9.17) is 11.4 Å². The topological polar surface area (TPSA) is 37.8 Å². The lowest BCUT2D eigenvalue weighted by atomic mass is 10.1. The molecule has 0 aliphatic carbocycles. The molecule has 1 N–H and O–H groups in total. The molecule has 0 fully saturated rings. The van der Waals surface area contributed by atoms with Gasteiger partial charge in [0.05, 0.1) is 29.0 Å². The molecule has 0 spiro atoms. The summed E-state index contributed by atoms with van der Waals surface area (Å²) in [6.07, 6.45) is 5.27. The lowest BCUT2D eigenvalue weighted by Gasteiger charge is -2.08. The lowest BCUT2D eigenvalue weighted by molar-refractivity contribution is 1.19. The number of hydrogen-bond acceptors (Lipinski definition) is 3. The zero-order chi connectivity index (χ0) is 14.7. The van der Waals surface area contributed by atoms with Crippen LogP contribution in [0.25, 0.3) is 22.3 Å². The smallest absolute Gasteiger partial charge is 0.0922 e. The van der Waals surface area contributed by atoms with Gasteiger partial charge in [0.15, 0.2) is 0 Å². The van der Waals surface area contributed by atoms with Gasteiger partial charge in [-0.05, 0) is 25.1 Å². The molecule has 1 heterocycles. The van der Waals surface area contributed by atoms with Crippen LogP contribution < -0.4 is 5.32 Å². The standard InChI is InChI=1S/C18H15N3/c1-3-11-19-15-9-10-16-17(12-15)21-18(13(2)20-16)14-7-5-4-6-8-14/h1,4-10,12,19H,11H2,2H3. The van der Waals surface area contributed by atoms with E-state index in [1.165, 1.54) is 0 Å². The van der Waals surface area contributed by atoms with Crippen molar-refractivity contribution in [3.63, 3.8) is 0 Å². The molecule has 0 aliphatic rings. The molecule has 3 heteroatoms. The number of hydrogen-bond donors (Lipinski definition) is 1. The Bertz CT molecular complexity index is 817. The molecule has 3 rings (SSSR count). The van der Waals surface area contributed by atoms with Crippen LogP contribution >= 0.6 is 0 Å². The normalized spacial score (nSPS) is 10.3. The average Bonchev–Trinajstić information content (AvgIpc) is 2.53. The zero-order valence-electron chi connectivity index (χ0n) is 11.8. The van der Waals surface area contributed by atoms with Crippen LogP contribution in [0.3, 0.4) is 0 Å². The Hall–Kier alpha value is -2.86. The van der Waals surface area contributed by atoms with Gasteiger partial charge in [0.2, 0.25) is 0 Å². The molecule has 0 bridgehead atoms. The maximum atomic E-state index is 5.27. The molecular formula is C18H15N3. The third-order valence-electron chi connectivity index (χ3n) is 3.28. The summed E-state index contributed by atoms with van der Waals surface area (Å²) in [4.78, 5) is 9.40. The van der Waals surface area contributed by atoms with Crippen LogP contribution in [0.5, 0.6) is 0 Å². The number of nitrogens with zero attached hydrogens (tertiary/aromatic N) is 2. The molecule has 0 atom stereocenters. The van der Waals surface area contributed by atoms with Crippen molar-refractivity contribution in [2.45, 2.75) is 6.92 Å². The maximum Gasteiger partial charge on any atom is 0.0922 e. The predicted octanol–water partition coefficient (Wildman–Crippen LogP) is 3.65. The van der Waals surface area contributed by atoms with E-state index in [2.05, 4.69) is 16.2 Å². The molecular weight excluding hydrogens is 258 g/mol. The Balaban J connectivity index is 2.10. The van der Waals surface area contributed by atoms with Crippen LogP contribution in [0, 0.1) is 19.3 Å². The van der Waals surface area contributed by atoms with Gasteiger partial charge >= 0.3 is 0 Å². The van der Waals surface area contributed by atoms with Crippen molar-refractivity contribution in [3.8, 4) is 23.6 Å². The number of terminal acetylenes is 1. The monoisotopic (exact) mass is 273 g/mol. The van der Waals surface area contributed by atoms with E-state index in [1.54, 1.807) is 0 Å². The van der Waals surface area contributed by atoms with E-state index >= 15 is 0 Å². The van der Waals surface area contributed by atoms with Crippen molar-refractivity contribution in [2.24, 2.45) is 0 Å². The fourth-order valence-electron chi connectivity index (χ4n) is 2.28.